The smallest absolute Gasteiger partial charge is 0.0777 e. The summed E-state index contributed by atoms with van der Waals surface area (Å²) in [5, 5.41) is 9.46. The van der Waals surface area contributed by atoms with Crippen LogP contribution in [0.2, 0.25) is 0 Å². The van der Waals surface area contributed by atoms with E-state index in [2.05, 4.69) is 18.7 Å². The lowest BCUT2D eigenvalue weighted by molar-refractivity contribution is -0.0692. The van der Waals surface area contributed by atoms with Gasteiger partial charge in [-0.1, -0.05) is 6.92 Å². The Balaban J connectivity index is 2.64. The molecule has 1 aliphatic rings. The summed E-state index contributed by atoms with van der Waals surface area (Å²) < 4.78 is 5.55. The quantitative estimate of drug-likeness (QED) is 0.725. The highest BCUT2D eigenvalue weighted by molar-refractivity contribution is 4.90. The fourth-order valence-corrected chi connectivity index (χ4v) is 2.49. The number of piperidine rings is 1. The Bertz CT molecular complexity index is 213. The number of methoxy groups -OCH3 is 1. The average Bonchev–Trinajstić information content (AvgIpc) is 2.30. The van der Waals surface area contributed by atoms with Gasteiger partial charge in [0.2, 0.25) is 0 Å². The molecule has 4 heteroatoms. The summed E-state index contributed by atoms with van der Waals surface area (Å²) in [7, 11) is 1.76. The molecule has 0 saturated carbocycles. The molecule has 0 radical (unpaired) electrons. The molecule has 3 N–H and O–H groups in total. The third-order valence-corrected chi connectivity index (χ3v) is 3.80. The van der Waals surface area contributed by atoms with Crippen LogP contribution in [0, 0.1) is 0 Å². The Morgan fingerprint density at radius 1 is 1.56 bits per heavy atom. The molecule has 0 aliphatic carbocycles. The lowest BCUT2D eigenvalue weighted by Gasteiger charge is -2.44. The second-order valence-electron chi connectivity index (χ2n) is 5.05. The second-order valence-corrected chi connectivity index (χ2v) is 5.05. The SMILES string of the molecule is CCC(N)C(CO)N1CCCC(C)(OC)C1. The molecule has 0 spiro atoms. The number of aliphatic hydroxyl groups excluding tert-OH is 1. The number of nitrogens with two attached hydrogens (primary N) is 1. The fourth-order valence-electron chi connectivity index (χ4n) is 2.49. The van der Waals surface area contributed by atoms with Gasteiger partial charge < -0.3 is 15.6 Å². The molecule has 0 amide bonds. The molecule has 1 fully saturated rings. The van der Waals surface area contributed by atoms with E-state index in [1.165, 1.54) is 0 Å². The molecular formula is C12H26N2O2. The van der Waals surface area contributed by atoms with Crippen molar-refractivity contribution in [3.63, 3.8) is 0 Å². The molecule has 16 heavy (non-hydrogen) atoms. The lowest BCUT2D eigenvalue weighted by Crippen LogP contribution is -2.57. The first-order valence-electron chi connectivity index (χ1n) is 6.22. The van der Waals surface area contributed by atoms with E-state index < -0.39 is 0 Å². The van der Waals surface area contributed by atoms with Crippen molar-refractivity contribution >= 4 is 0 Å². The number of ether oxygens (including phenoxy) is 1. The van der Waals surface area contributed by atoms with Gasteiger partial charge >= 0.3 is 0 Å². The molecule has 0 aromatic rings. The van der Waals surface area contributed by atoms with Gasteiger partial charge in [0.1, 0.15) is 0 Å². The topological polar surface area (TPSA) is 58.7 Å². The van der Waals surface area contributed by atoms with Crippen LogP contribution in [0.5, 0.6) is 0 Å². The van der Waals surface area contributed by atoms with Crippen molar-refractivity contribution in [2.75, 3.05) is 26.8 Å². The largest absolute Gasteiger partial charge is 0.395 e. The van der Waals surface area contributed by atoms with Gasteiger partial charge in [-0.15, -0.1) is 0 Å². The summed E-state index contributed by atoms with van der Waals surface area (Å²) in [4.78, 5) is 2.28. The molecular weight excluding hydrogens is 204 g/mol. The Hall–Kier alpha value is -0.160. The predicted octanol–water partition coefficient (Wildman–Crippen LogP) is 0.586. The Kier molecular flexibility index (Phi) is 5.18. The molecule has 1 rings (SSSR count). The molecule has 4 nitrogen and oxygen atoms in total. The van der Waals surface area contributed by atoms with Gasteiger partial charge in [0, 0.05) is 25.7 Å². The maximum atomic E-state index is 9.46. The van der Waals surface area contributed by atoms with Gasteiger partial charge in [-0.05, 0) is 32.7 Å². The van der Waals surface area contributed by atoms with Crippen LogP contribution in [0.3, 0.4) is 0 Å². The van der Waals surface area contributed by atoms with Gasteiger partial charge in [0.05, 0.1) is 12.2 Å². The molecule has 1 aliphatic heterocycles. The Morgan fingerprint density at radius 3 is 2.75 bits per heavy atom. The fraction of sp³-hybridized carbons (Fsp3) is 1.00. The molecule has 0 bridgehead atoms. The van der Waals surface area contributed by atoms with Crippen molar-refractivity contribution < 1.29 is 9.84 Å². The number of likely N-dealkylation sites (tertiary alicyclic amines) is 1. The van der Waals surface area contributed by atoms with E-state index in [1.54, 1.807) is 7.11 Å². The Morgan fingerprint density at radius 2 is 2.25 bits per heavy atom. The first-order chi connectivity index (χ1) is 7.56. The minimum Gasteiger partial charge on any atom is -0.395 e. The van der Waals surface area contributed by atoms with E-state index in [9.17, 15) is 5.11 Å². The van der Waals surface area contributed by atoms with Crippen LogP contribution in [0.15, 0.2) is 0 Å². The molecule has 1 heterocycles. The first kappa shape index (κ1) is 13.9. The predicted molar refractivity (Wildman–Crippen MR) is 65.4 cm³/mol. The highest BCUT2D eigenvalue weighted by Crippen LogP contribution is 2.25. The maximum absolute atomic E-state index is 9.46. The van der Waals surface area contributed by atoms with Crippen LogP contribution >= 0.6 is 0 Å². The average molecular weight is 230 g/mol. The van der Waals surface area contributed by atoms with E-state index in [-0.39, 0.29) is 24.3 Å². The van der Waals surface area contributed by atoms with Crippen molar-refractivity contribution in [3.05, 3.63) is 0 Å². The summed E-state index contributed by atoms with van der Waals surface area (Å²) in [5.74, 6) is 0. The summed E-state index contributed by atoms with van der Waals surface area (Å²) >= 11 is 0. The van der Waals surface area contributed by atoms with Crippen molar-refractivity contribution in [1.82, 2.24) is 4.90 Å². The van der Waals surface area contributed by atoms with Crippen molar-refractivity contribution in [3.8, 4) is 0 Å². The number of aliphatic hydroxyl groups is 1. The zero-order valence-corrected chi connectivity index (χ0v) is 10.8. The van der Waals surface area contributed by atoms with Gasteiger partial charge in [-0.3, -0.25) is 4.90 Å². The summed E-state index contributed by atoms with van der Waals surface area (Å²) in [6.07, 6.45) is 3.09. The van der Waals surface area contributed by atoms with Gasteiger partial charge in [-0.25, -0.2) is 0 Å². The number of hydrogen-bond acceptors (Lipinski definition) is 4. The summed E-state index contributed by atoms with van der Waals surface area (Å²) in [6.45, 7) is 6.20. The normalized spacial score (nSPS) is 31.3. The highest BCUT2D eigenvalue weighted by Gasteiger charge is 2.35. The number of rotatable bonds is 5. The summed E-state index contributed by atoms with van der Waals surface area (Å²) in [5.41, 5.74) is 5.96. The Labute approximate surface area is 98.8 Å². The van der Waals surface area contributed by atoms with Crippen LogP contribution < -0.4 is 5.73 Å². The minimum absolute atomic E-state index is 0.0456. The third kappa shape index (κ3) is 3.17. The van der Waals surface area contributed by atoms with E-state index in [0.29, 0.717) is 0 Å². The van der Waals surface area contributed by atoms with Crippen LogP contribution in [0.1, 0.15) is 33.1 Å². The summed E-state index contributed by atoms with van der Waals surface area (Å²) in [6, 6.07) is 0.115. The van der Waals surface area contributed by atoms with Crippen LogP contribution in [0.25, 0.3) is 0 Å². The maximum Gasteiger partial charge on any atom is 0.0777 e. The van der Waals surface area contributed by atoms with E-state index >= 15 is 0 Å². The van der Waals surface area contributed by atoms with E-state index in [4.69, 9.17) is 10.5 Å². The molecule has 96 valence electrons. The number of nitrogens with zero attached hydrogens (tertiary/aromatic N) is 1. The first-order valence-corrected chi connectivity index (χ1v) is 6.22. The lowest BCUT2D eigenvalue weighted by atomic mass is 9.92. The van der Waals surface area contributed by atoms with Gasteiger partial charge in [-0.2, -0.15) is 0 Å². The van der Waals surface area contributed by atoms with Crippen LogP contribution in [0.4, 0.5) is 0 Å². The highest BCUT2D eigenvalue weighted by atomic mass is 16.5. The van der Waals surface area contributed by atoms with Crippen molar-refractivity contribution in [2.24, 2.45) is 5.73 Å². The third-order valence-electron chi connectivity index (χ3n) is 3.80. The molecule has 1 saturated heterocycles. The van der Waals surface area contributed by atoms with E-state index in [1.807, 2.05) is 0 Å². The van der Waals surface area contributed by atoms with E-state index in [0.717, 1.165) is 32.4 Å². The van der Waals surface area contributed by atoms with Crippen LogP contribution in [-0.2, 0) is 4.74 Å². The van der Waals surface area contributed by atoms with Gasteiger partial charge in [0.25, 0.3) is 0 Å². The van der Waals surface area contributed by atoms with Gasteiger partial charge in [0.15, 0.2) is 0 Å². The molecule has 0 aromatic heterocycles. The van der Waals surface area contributed by atoms with Crippen molar-refractivity contribution in [2.45, 2.75) is 50.8 Å². The zero-order chi connectivity index (χ0) is 12.2. The molecule has 3 unspecified atom stereocenters. The van der Waals surface area contributed by atoms with Crippen molar-refractivity contribution in [1.29, 1.82) is 0 Å². The molecule has 0 aromatic carbocycles. The zero-order valence-electron chi connectivity index (χ0n) is 10.8. The monoisotopic (exact) mass is 230 g/mol. The minimum atomic E-state index is -0.0842. The standard InChI is InChI=1S/C12H26N2O2/c1-4-10(13)11(8-15)14-7-5-6-12(2,9-14)16-3/h10-11,15H,4-9,13H2,1-3H3. The molecule has 3 atom stereocenters. The number of hydrogen-bond donors (Lipinski definition) is 2. The second kappa shape index (κ2) is 5.96. The van der Waals surface area contributed by atoms with Crippen LogP contribution in [-0.4, -0.2) is 54.5 Å².